The van der Waals surface area contributed by atoms with Gasteiger partial charge in [0.2, 0.25) is 5.91 Å². The molecule has 1 atom stereocenters. The maximum atomic E-state index is 12.9. The Hall–Kier alpha value is -3.00. The van der Waals surface area contributed by atoms with E-state index >= 15 is 0 Å². The van der Waals surface area contributed by atoms with Crippen LogP contribution < -0.4 is 14.8 Å². The van der Waals surface area contributed by atoms with E-state index in [-0.39, 0.29) is 23.8 Å². The van der Waals surface area contributed by atoms with Crippen LogP contribution in [-0.2, 0) is 4.79 Å². The number of amides is 2. The Labute approximate surface area is 201 Å². The number of furan rings is 1. The lowest BCUT2D eigenvalue weighted by Gasteiger charge is -2.34. The van der Waals surface area contributed by atoms with Gasteiger partial charge in [0.25, 0.3) is 5.91 Å². The van der Waals surface area contributed by atoms with Gasteiger partial charge in [0.15, 0.2) is 11.5 Å². The van der Waals surface area contributed by atoms with Gasteiger partial charge in [0, 0.05) is 32.6 Å². The van der Waals surface area contributed by atoms with Crippen LogP contribution >= 0.6 is 0 Å². The van der Waals surface area contributed by atoms with E-state index in [9.17, 15) is 9.59 Å². The molecule has 2 aromatic rings. The number of carbonyl (C=O) groups is 2. The molecule has 34 heavy (non-hydrogen) atoms. The largest absolute Gasteiger partial charge is 0.490 e. The molecule has 0 spiro atoms. The van der Waals surface area contributed by atoms with Crippen LogP contribution in [0.25, 0.3) is 0 Å². The zero-order valence-corrected chi connectivity index (χ0v) is 20.6. The summed E-state index contributed by atoms with van der Waals surface area (Å²) in [6.07, 6.45) is 0.856. The lowest BCUT2D eigenvalue weighted by molar-refractivity contribution is -0.123. The van der Waals surface area contributed by atoms with E-state index in [2.05, 4.69) is 24.1 Å². The smallest absolute Gasteiger partial charge is 0.257 e. The molecule has 0 bridgehead atoms. The van der Waals surface area contributed by atoms with Gasteiger partial charge in [-0.1, -0.05) is 19.9 Å². The number of aryl methyl sites for hydroxylation is 2. The van der Waals surface area contributed by atoms with Crippen molar-refractivity contribution in [3.05, 3.63) is 46.9 Å². The van der Waals surface area contributed by atoms with Crippen molar-refractivity contribution in [2.24, 2.45) is 5.92 Å². The van der Waals surface area contributed by atoms with Gasteiger partial charge in [-0.2, -0.15) is 0 Å². The van der Waals surface area contributed by atoms with Crippen molar-refractivity contribution in [1.82, 2.24) is 15.1 Å². The summed E-state index contributed by atoms with van der Waals surface area (Å²) in [7, 11) is 0. The summed E-state index contributed by atoms with van der Waals surface area (Å²) >= 11 is 0. The van der Waals surface area contributed by atoms with E-state index in [1.165, 1.54) is 0 Å². The van der Waals surface area contributed by atoms with Gasteiger partial charge >= 0.3 is 0 Å². The lowest BCUT2D eigenvalue weighted by atomic mass is 9.95. The summed E-state index contributed by atoms with van der Waals surface area (Å²) in [5, 5.41) is 3.20. The second-order valence-corrected chi connectivity index (χ2v) is 9.44. The predicted molar refractivity (Wildman–Crippen MR) is 128 cm³/mol. The summed E-state index contributed by atoms with van der Waals surface area (Å²) < 4.78 is 17.1. The molecule has 0 saturated carbocycles. The first kappa shape index (κ1) is 24.1. The lowest BCUT2D eigenvalue weighted by Crippen LogP contribution is -2.51. The van der Waals surface area contributed by atoms with Crippen molar-refractivity contribution in [2.75, 3.05) is 45.9 Å². The number of rotatable bonds is 6. The molecule has 0 radical (unpaired) electrons. The molecule has 1 saturated heterocycles. The molecule has 3 heterocycles. The average Bonchev–Trinajstić information content (AvgIpc) is 3.00. The Morgan fingerprint density at radius 3 is 2.35 bits per heavy atom. The minimum absolute atomic E-state index is 0.00673. The van der Waals surface area contributed by atoms with Crippen molar-refractivity contribution < 1.29 is 23.5 Å². The van der Waals surface area contributed by atoms with Crippen molar-refractivity contribution >= 4 is 11.8 Å². The highest BCUT2D eigenvalue weighted by atomic mass is 16.5. The van der Waals surface area contributed by atoms with Crippen LogP contribution in [0.5, 0.6) is 11.5 Å². The normalized spacial score (nSPS) is 17.4. The first-order chi connectivity index (χ1) is 16.3. The number of benzene rings is 1. The Morgan fingerprint density at radius 2 is 1.71 bits per heavy atom. The highest BCUT2D eigenvalue weighted by molar-refractivity contribution is 5.95. The highest BCUT2D eigenvalue weighted by Crippen LogP contribution is 2.34. The fourth-order valence-electron chi connectivity index (χ4n) is 4.55. The third kappa shape index (κ3) is 5.55. The third-order valence-electron chi connectivity index (χ3n) is 6.41. The van der Waals surface area contributed by atoms with Gasteiger partial charge in [-0.05, 0) is 43.5 Å². The fourth-order valence-corrected chi connectivity index (χ4v) is 4.55. The van der Waals surface area contributed by atoms with Gasteiger partial charge in [0.05, 0.1) is 31.4 Å². The number of hydrogen-bond acceptors (Lipinski definition) is 6. The standard InChI is InChI=1S/C26H35N3O5/c1-17(2)25(20-6-7-22-23(15-20)33-13-5-12-32-22)27-24(30)16-28-8-10-29(11-9-28)26(31)21-14-18(3)34-19(21)4/h6-7,14-15,17,25H,5,8-13,16H2,1-4H3,(H,27,30)/t25-/m0/s1. The SMILES string of the molecule is Cc1cc(C(=O)N2CCN(CC(=O)N[C@H](c3ccc4c(c3)OCCCO4)C(C)C)CC2)c(C)o1. The number of ether oxygens (including phenoxy) is 2. The highest BCUT2D eigenvalue weighted by Gasteiger charge is 2.27. The van der Waals surface area contributed by atoms with Crippen molar-refractivity contribution in [3.63, 3.8) is 0 Å². The first-order valence-corrected chi connectivity index (χ1v) is 12.1. The Balaban J connectivity index is 1.32. The number of fused-ring (bicyclic) bond motifs is 1. The summed E-state index contributed by atoms with van der Waals surface area (Å²) in [5.74, 6) is 3.06. The van der Waals surface area contributed by atoms with Crippen molar-refractivity contribution in [3.8, 4) is 11.5 Å². The quantitative estimate of drug-likeness (QED) is 0.699. The maximum Gasteiger partial charge on any atom is 0.257 e. The van der Waals surface area contributed by atoms with Crippen LogP contribution in [0.4, 0.5) is 0 Å². The third-order valence-corrected chi connectivity index (χ3v) is 6.41. The molecule has 0 unspecified atom stereocenters. The van der Waals surface area contributed by atoms with Crippen LogP contribution in [0.2, 0.25) is 0 Å². The maximum absolute atomic E-state index is 12.9. The van der Waals surface area contributed by atoms with Gasteiger partial charge in [0.1, 0.15) is 11.5 Å². The minimum atomic E-state index is -0.125. The van der Waals surface area contributed by atoms with Crippen LogP contribution in [0.3, 0.4) is 0 Å². The molecule has 1 N–H and O–H groups in total. The number of piperazine rings is 1. The summed E-state index contributed by atoms with van der Waals surface area (Å²) in [4.78, 5) is 29.7. The second-order valence-electron chi connectivity index (χ2n) is 9.44. The monoisotopic (exact) mass is 469 g/mol. The van der Waals surface area contributed by atoms with Crippen molar-refractivity contribution in [1.29, 1.82) is 0 Å². The van der Waals surface area contributed by atoms with Crippen LogP contribution in [0.1, 0.15) is 53.8 Å². The van der Waals surface area contributed by atoms with Crippen molar-refractivity contribution in [2.45, 2.75) is 40.2 Å². The predicted octanol–water partition coefficient (Wildman–Crippen LogP) is 3.33. The molecule has 2 amide bonds. The topological polar surface area (TPSA) is 84.3 Å². The van der Waals surface area contributed by atoms with Crippen LogP contribution in [0, 0.1) is 19.8 Å². The molecule has 184 valence electrons. The Morgan fingerprint density at radius 1 is 1.00 bits per heavy atom. The summed E-state index contributed by atoms with van der Waals surface area (Å²) in [5.41, 5.74) is 1.63. The summed E-state index contributed by atoms with van der Waals surface area (Å²) in [6, 6.07) is 7.58. The molecule has 1 fully saturated rings. The molecule has 1 aromatic heterocycles. The zero-order valence-electron chi connectivity index (χ0n) is 20.6. The fraction of sp³-hybridized carbons (Fsp3) is 0.538. The number of carbonyl (C=O) groups excluding carboxylic acids is 2. The number of hydrogen-bond donors (Lipinski definition) is 1. The van der Waals surface area contributed by atoms with Gasteiger partial charge in [-0.3, -0.25) is 14.5 Å². The molecular formula is C26H35N3O5. The molecule has 2 aliphatic rings. The summed E-state index contributed by atoms with van der Waals surface area (Å²) in [6.45, 7) is 11.9. The molecular weight excluding hydrogens is 434 g/mol. The average molecular weight is 470 g/mol. The second kappa shape index (κ2) is 10.5. The van der Waals surface area contributed by atoms with E-state index < -0.39 is 0 Å². The minimum Gasteiger partial charge on any atom is -0.490 e. The van der Waals surface area contributed by atoms with Crippen LogP contribution in [0.15, 0.2) is 28.7 Å². The molecule has 8 heteroatoms. The number of nitrogens with one attached hydrogen (secondary N) is 1. The molecule has 1 aromatic carbocycles. The Kier molecular flexibility index (Phi) is 7.46. The molecule has 8 nitrogen and oxygen atoms in total. The molecule has 2 aliphatic heterocycles. The number of nitrogens with zero attached hydrogens (tertiary/aromatic N) is 2. The molecule has 0 aliphatic carbocycles. The molecule has 4 rings (SSSR count). The Bertz CT molecular complexity index is 1020. The first-order valence-electron chi connectivity index (χ1n) is 12.1. The van der Waals surface area contributed by atoms with E-state index in [1.54, 1.807) is 6.07 Å². The zero-order chi connectivity index (χ0) is 24.2. The van der Waals surface area contributed by atoms with E-state index in [0.717, 1.165) is 29.2 Å². The van der Waals surface area contributed by atoms with Gasteiger partial charge in [-0.25, -0.2) is 0 Å². The van der Waals surface area contributed by atoms with Gasteiger partial charge < -0.3 is 24.1 Å². The van der Waals surface area contributed by atoms with Gasteiger partial charge in [-0.15, -0.1) is 0 Å². The van der Waals surface area contributed by atoms with E-state index in [4.69, 9.17) is 13.9 Å². The van der Waals surface area contributed by atoms with Crippen LogP contribution in [-0.4, -0.2) is 67.6 Å². The van der Waals surface area contributed by atoms with E-state index in [1.807, 2.05) is 36.9 Å². The van der Waals surface area contributed by atoms with E-state index in [0.29, 0.717) is 57.3 Å².